The van der Waals surface area contributed by atoms with E-state index in [0.29, 0.717) is 21.6 Å². The molecule has 3 rings (SSSR count). The summed E-state index contributed by atoms with van der Waals surface area (Å²) in [6, 6.07) is 1.63. The summed E-state index contributed by atoms with van der Waals surface area (Å²) in [4.78, 5) is 19.4. The number of pyridine rings is 1. The van der Waals surface area contributed by atoms with Crippen molar-refractivity contribution in [2.45, 2.75) is 10.8 Å². The fourth-order valence-electron chi connectivity index (χ4n) is 1.54. The van der Waals surface area contributed by atoms with Crippen molar-refractivity contribution in [3.05, 3.63) is 40.7 Å². The number of hydrogen-bond donors (Lipinski definition) is 1. The standard InChI is InChI=1S/C11H7Cl2N5S/c12-7-1-8(13)14-2-6(7)3-19-11-9-10(16-4-15-9)17-5-18-11/h1-2,4-5H,3H2,(H,15,16,17,18). The van der Waals surface area contributed by atoms with E-state index < -0.39 is 0 Å². The maximum Gasteiger partial charge on any atom is 0.181 e. The van der Waals surface area contributed by atoms with Gasteiger partial charge in [-0.1, -0.05) is 35.0 Å². The molecule has 0 saturated heterocycles. The van der Waals surface area contributed by atoms with Crippen molar-refractivity contribution in [3.63, 3.8) is 0 Å². The van der Waals surface area contributed by atoms with Crippen LogP contribution in [0.4, 0.5) is 0 Å². The highest BCUT2D eigenvalue weighted by Crippen LogP contribution is 2.28. The van der Waals surface area contributed by atoms with E-state index in [-0.39, 0.29) is 0 Å². The third-order valence-electron chi connectivity index (χ3n) is 2.45. The van der Waals surface area contributed by atoms with E-state index in [4.69, 9.17) is 23.2 Å². The number of nitrogens with zero attached hydrogens (tertiary/aromatic N) is 4. The Balaban J connectivity index is 1.84. The highest BCUT2D eigenvalue weighted by atomic mass is 35.5. The smallest absolute Gasteiger partial charge is 0.181 e. The molecule has 0 saturated carbocycles. The van der Waals surface area contributed by atoms with Gasteiger partial charge in [0.1, 0.15) is 22.0 Å². The van der Waals surface area contributed by atoms with Gasteiger partial charge in [-0.25, -0.2) is 19.9 Å². The summed E-state index contributed by atoms with van der Waals surface area (Å²) < 4.78 is 0. The van der Waals surface area contributed by atoms with Crippen LogP contribution in [-0.2, 0) is 5.75 Å². The zero-order valence-corrected chi connectivity index (χ0v) is 11.8. The quantitative estimate of drug-likeness (QED) is 0.456. The number of hydrogen-bond acceptors (Lipinski definition) is 5. The Kier molecular flexibility index (Phi) is 3.54. The van der Waals surface area contributed by atoms with Crippen molar-refractivity contribution < 1.29 is 0 Å². The Labute approximate surface area is 122 Å². The van der Waals surface area contributed by atoms with Crippen molar-refractivity contribution in [3.8, 4) is 0 Å². The Morgan fingerprint density at radius 3 is 2.89 bits per heavy atom. The molecule has 0 spiro atoms. The highest BCUT2D eigenvalue weighted by molar-refractivity contribution is 7.98. The van der Waals surface area contributed by atoms with Crippen LogP contribution in [0, 0.1) is 0 Å². The number of rotatable bonds is 3. The number of halogens is 2. The lowest BCUT2D eigenvalue weighted by molar-refractivity contribution is 1.08. The summed E-state index contributed by atoms with van der Waals surface area (Å²) in [7, 11) is 0. The molecule has 0 aliphatic rings. The number of thioether (sulfide) groups is 1. The molecular formula is C11H7Cl2N5S. The molecule has 0 unspecified atom stereocenters. The van der Waals surface area contributed by atoms with Crippen LogP contribution in [0.1, 0.15) is 5.56 Å². The lowest BCUT2D eigenvalue weighted by atomic mass is 10.3. The third kappa shape index (κ3) is 2.65. The molecular weight excluding hydrogens is 305 g/mol. The van der Waals surface area contributed by atoms with Gasteiger partial charge in [-0.15, -0.1) is 0 Å². The monoisotopic (exact) mass is 311 g/mol. The van der Waals surface area contributed by atoms with E-state index in [1.54, 1.807) is 18.6 Å². The maximum atomic E-state index is 6.10. The van der Waals surface area contributed by atoms with E-state index in [2.05, 4.69) is 24.9 Å². The van der Waals surface area contributed by atoms with Gasteiger partial charge in [0.05, 0.1) is 6.33 Å². The number of aromatic nitrogens is 5. The molecule has 0 radical (unpaired) electrons. The Morgan fingerprint density at radius 1 is 1.16 bits per heavy atom. The van der Waals surface area contributed by atoms with Crippen LogP contribution in [-0.4, -0.2) is 24.9 Å². The van der Waals surface area contributed by atoms with Crippen molar-refractivity contribution in [2.24, 2.45) is 0 Å². The number of imidazole rings is 1. The van der Waals surface area contributed by atoms with Gasteiger partial charge in [-0.3, -0.25) is 0 Å². The van der Waals surface area contributed by atoms with Gasteiger partial charge < -0.3 is 4.98 Å². The second kappa shape index (κ2) is 5.32. The second-order valence-electron chi connectivity index (χ2n) is 3.67. The van der Waals surface area contributed by atoms with Crippen molar-refractivity contribution in [1.29, 1.82) is 0 Å². The summed E-state index contributed by atoms with van der Waals surface area (Å²) in [5.74, 6) is 0.647. The van der Waals surface area contributed by atoms with Gasteiger partial charge in [0.25, 0.3) is 0 Å². The first kappa shape index (κ1) is 12.7. The molecule has 0 aliphatic carbocycles. The largest absolute Gasteiger partial charge is 0.341 e. The van der Waals surface area contributed by atoms with Gasteiger partial charge >= 0.3 is 0 Å². The zero-order valence-electron chi connectivity index (χ0n) is 9.47. The van der Waals surface area contributed by atoms with Crippen LogP contribution in [0.2, 0.25) is 10.2 Å². The Hall–Kier alpha value is -1.37. The van der Waals surface area contributed by atoms with E-state index in [9.17, 15) is 0 Å². The van der Waals surface area contributed by atoms with E-state index in [0.717, 1.165) is 16.1 Å². The van der Waals surface area contributed by atoms with E-state index in [1.807, 2.05) is 0 Å². The molecule has 5 nitrogen and oxygen atoms in total. The minimum Gasteiger partial charge on any atom is -0.341 e. The predicted octanol–water partition coefficient (Wildman–Crippen LogP) is 3.35. The molecule has 3 aromatic heterocycles. The highest BCUT2D eigenvalue weighted by Gasteiger charge is 2.08. The summed E-state index contributed by atoms with van der Waals surface area (Å²) >= 11 is 13.4. The number of nitrogens with one attached hydrogen (secondary N) is 1. The van der Waals surface area contributed by atoms with Gasteiger partial charge in [0.2, 0.25) is 0 Å². The molecule has 3 heterocycles. The lowest BCUT2D eigenvalue weighted by Crippen LogP contribution is -1.89. The van der Waals surface area contributed by atoms with Crippen LogP contribution >= 0.6 is 35.0 Å². The van der Waals surface area contributed by atoms with Gasteiger partial charge in [-0.05, 0) is 11.6 Å². The normalized spacial score (nSPS) is 11.1. The summed E-state index contributed by atoms with van der Waals surface area (Å²) in [6.07, 6.45) is 4.76. The minimum absolute atomic E-state index is 0.386. The minimum atomic E-state index is 0.386. The van der Waals surface area contributed by atoms with Crippen LogP contribution in [0.25, 0.3) is 11.2 Å². The second-order valence-corrected chi connectivity index (χ2v) is 5.43. The Morgan fingerprint density at radius 2 is 2.05 bits per heavy atom. The first-order chi connectivity index (χ1) is 9.24. The van der Waals surface area contributed by atoms with Crippen LogP contribution in [0.3, 0.4) is 0 Å². The first-order valence-corrected chi connectivity index (χ1v) is 7.05. The molecule has 19 heavy (non-hydrogen) atoms. The molecule has 0 fully saturated rings. The van der Waals surface area contributed by atoms with Crippen LogP contribution in [0.5, 0.6) is 0 Å². The number of H-pyrrole nitrogens is 1. The molecule has 3 aromatic rings. The van der Waals surface area contributed by atoms with Crippen molar-refractivity contribution in [2.75, 3.05) is 0 Å². The molecule has 1 N–H and O–H groups in total. The van der Waals surface area contributed by atoms with Gasteiger partial charge in [0.15, 0.2) is 5.65 Å². The van der Waals surface area contributed by atoms with Gasteiger partial charge in [0, 0.05) is 17.0 Å². The lowest BCUT2D eigenvalue weighted by Gasteiger charge is -2.04. The first-order valence-electron chi connectivity index (χ1n) is 5.31. The molecule has 0 aromatic carbocycles. The molecule has 0 bridgehead atoms. The van der Waals surface area contributed by atoms with Crippen LogP contribution in [0.15, 0.2) is 29.9 Å². The topological polar surface area (TPSA) is 67.3 Å². The maximum absolute atomic E-state index is 6.10. The molecule has 96 valence electrons. The van der Waals surface area contributed by atoms with Crippen LogP contribution < -0.4 is 0 Å². The summed E-state index contributed by atoms with van der Waals surface area (Å²) in [5.41, 5.74) is 2.38. The van der Waals surface area contributed by atoms with Crippen molar-refractivity contribution >= 4 is 46.1 Å². The molecule has 0 amide bonds. The predicted molar refractivity (Wildman–Crippen MR) is 75.5 cm³/mol. The Bertz CT molecular complexity index is 730. The fraction of sp³-hybridized carbons (Fsp3) is 0.0909. The number of aromatic amines is 1. The van der Waals surface area contributed by atoms with Gasteiger partial charge in [-0.2, -0.15) is 0 Å². The summed E-state index contributed by atoms with van der Waals surface area (Å²) in [6.45, 7) is 0. The third-order valence-corrected chi connectivity index (χ3v) is 4.05. The number of fused-ring (bicyclic) bond motifs is 1. The fourth-order valence-corrected chi connectivity index (χ4v) is 2.99. The SMILES string of the molecule is Clc1cc(Cl)c(CSc2ncnc3nc[nH]c23)cn1. The molecule has 8 heteroatoms. The van der Waals surface area contributed by atoms with Crippen molar-refractivity contribution in [1.82, 2.24) is 24.9 Å². The molecule has 0 aliphatic heterocycles. The summed E-state index contributed by atoms with van der Waals surface area (Å²) in [5, 5.41) is 1.81. The average molecular weight is 312 g/mol. The average Bonchev–Trinajstić information content (AvgIpc) is 2.86. The zero-order chi connectivity index (χ0) is 13.2. The van der Waals surface area contributed by atoms with E-state index >= 15 is 0 Å². The van der Waals surface area contributed by atoms with E-state index in [1.165, 1.54) is 18.1 Å². The molecule has 0 atom stereocenters.